The summed E-state index contributed by atoms with van der Waals surface area (Å²) in [7, 11) is 5.67. The predicted octanol–water partition coefficient (Wildman–Crippen LogP) is 3.45. The van der Waals surface area contributed by atoms with E-state index >= 15 is 0 Å². The Hall–Kier alpha value is -2.59. The maximum Gasteiger partial charge on any atom is 0.192 e. The summed E-state index contributed by atoms with van der Waals surface area (Å²) in [6, 6.07) is 15.1. The second-order valence-electron chi connectivity index (χ2n) is 6.17. The van der Waals surface area contributed by atoms with Crippen LogP contribution in [-0.4, -0.2) is 26.1 Å². The Balaban J connectivity index is 1.94. The van der Waals surface area contributed by atoms with Gasteiger partial charge in [0.05, 0.1) is 12.5 Å². The summed E-state index contributed by atoms with van der Waals surface area (Å²) in [6.45, 7) is 0.808. The first-order valence-electron chi connectivity index (χ1n) is 7.88. The number of rotatable bonds is 5. The molecule has 0 aliphatic heterocycles. The van der Waals surface area contributed by atoms with Crippen LogP contribution in [0, 0.1) is 0 Å². The summed E-state index contributed by atoms with van der Waals surface area (Å²) in [5.74, 6) is 1.48. The van der Waals surface area contributed by atoms with Crippen molar-refractivity contribution in [2.45, 2.75) is 13.0 Å². The summed E-state index contributed by atoms with van der Waals surface area (Å²) in [4.78, 5) is 14.4. The third-order valence-electron chi connectivity index (χ3n) is 3.88. The summed E-state index contributed by atoms with van der Waals surface area (Å²) in [5.41, 5.74) is 2.83. The lowest BCUT2D eigenvalue weighted by molar-refractivity contribution is 0.402. The smallest absolute Gasteiger partial charge is 0.192 e. The van der Waals surface area contributed by atoms with Crippen molar-refractivity contribution >= 4 is 11.0 Å². The van der Waals surface area contributed by atoms with Gasteiger partial charge in [0.2, 0.25) is 0 Å². The van der Waals surface area contributed by atoms with Crippen molar-refractivity contribution in [1.82, 2.24) is 4.90 Å². The molecular weight excluding hydrogens is 302 g/mol. The molecule has 4 nitrogen and oxygen atoms in total. The van der Waals surface area contributed by atoms with Crippen LogP contribution in [-0.2, 0) is 13.0 Å². The van der Waals surface area contributed by atoms with Gasteiger partial charge in [-0.3, -0.25) is 4.79 Å². The maximum absolute atomic E-state index is 12.3. The van der Waals surface area contributed by atoms with Gasteiger partial charge in [0.1, 0.15) is 17.1 Å². The molecule has 0 spiro atoms. The first-order chi connectivity index (χ1) is 11.5. The number of hydrogen-bond donors (Lipinski definition) is 0. The van der Waals surface area contributed by atoms with E-state index in [0.717, 1.165) is 23.4 Å². The number of ether oxygens (including phenoxy) is 1. The molecule has 0 aliphatic carbocycles. The summed E-state index contributed by atoms with van der Waals surface area (Å²) < 4.78 is 11.1. The van der Waals surface area contributed by atoms with Crippen molar-refractivity contribution in [2.24, 2.45) is 0 Å². The maximum atomic E-state index is 12.3. The van der Waals surface area contributed by atoms with E-state index in [1.807, 2.05) is 56.6 Å². The summed E-state index contributed by atoms with van der Waals surface area (Å²) in [5, 5.41) is 0.621. The zero-order valence-corrected chi connectivity index (χ0v) is 14.2. The Kier molecular flexibility index (Phi) is 4.67. The number of hydrogen-bond acceptors (Lipinski definition) is 4. The molecule has 0 aliphatic rings. The fourth-order valence-electron chi connectivity index (χ4n) is 2.74. The van der Waals surface area contributed by atoms with Crippen molar-refractivity contribution in [2.75, 3.05) is 21.2 Å². The Morgan fingerprint density at radius 2 is 1.71 bits per heavy atom. The van der Waals surface area contributed by atoms with Gasteiger partial charge < -0.3 is 14.1 Å². The van der Waals surface area contributed by atoms with Crippen LogP contribution >= 0.6 is 0 Å². The van der Waals surface area contributed by atoms with Crippen molar-refractivity contribution in [3.63, 3.8) is 0 Å². The van der Waals surface area contributed by atoms with Crippen molar-refractivity contribution in [3.8, 4) is 5.75 Å². The van der Waals surface area contributed by atoms with Crippen LogP contribution in [0.25, 0.3) is 11.0 Å². The number of benzene rings is 2. The number of nitrogens with zero attached hydrogens (tertiary/aromatic N) is 1. The minimum atomic E-state index is -0.00355. The largest absolute Gasteiger partial charge is 0.497 e. The Morgan fingerprint density at radius 1 is 1.00 bits per heavy atom. The molecule has 0 unspecified atom stereocenters. The van der Waals surface area contributed by atoms with Crippen molar-refractivity contribution in [1.29, 1.82) is 0 Å². The Morgan fingerprint density at radius 3 is 2.38 bits per heavy atom. The van der Waals surface area contributed by atoms with E-state index in [4.69, 9.17) is 9.15 Å². The first-order valence-corrected chi connectivity index (χ1v) is 7.88. The van der Waals surface area contributed by atoms with Gasteiger partial charge in [-0.2, -0.15) is 0 Å². The topological polar surface area (TPSA) is 42.7 Å². The monoisotopic (exact) mass is 323 g/mol. The molecule has 2 aromatic carbocycles. The summed E-state index contributed by atoms with van der Waals surface area (Å²) >= 11 is 0. The molecule has 0 saturated heterocycles. The van der Waals surface area contributed by atoms with E-state index in [9.17, 15) is 4.79 Å². The van der Waals surface area contributed by atoms with E-state index in [0.29, 0.717) is 23.2 Å². The van der Waals surface area contributed by atoms with Gasteiger partial charge in [0, 0.05) is 19.0 Å². The molecule has 0 bridgehead atoms. The van der Waals surface area contributed by atoms with Crippen LogP contribution in [0.2, 0.25) is 0 Å². The van der Waals surface area contributed by atoms with Crippen LogP contribution in [0.5, 0.6) is 5.75 Å². The molecule has 1 heterocycles. The third-order valence-corrected chi connectivity index (χ3v) is 3.88. The predicted molar refractivity (Wildman–Crippen MR) is 95.7 cm³/mol. The quantitative estimate of drug-likeness (QED) is 0.721. The minimum Gasteiger partial charge on any atom is -0.497 e. The molecule has 124 valence electrons. The highest BCUT2D eigenvalue weighted by Gasteiger charge is 2.07. The number of fused-ring (bicyclic) bond motifs is 1. The lowest BCUT2D eigenvalue weighted by atomic mass is 10.1. The van der Waals surface area contributed by atoms with E-state index in [2.05, 4.69) is 4.90 Å². The highest BCUT2D eigenvalue weighted by atomic mass is 16.5. The number of methoxy groups -OCH3 is 1. The van der Waals surface area contributed by atoms with Crippen molar-refractivity contribution < 1.29 is 9.15 Å². The van der Waals surface area contributed by atoms with Crippen LogP contribution in [0.1, 0.15) is 16.9 Å². The van der Waals surface area contributed by atoms with Crippen LogP contribution in [0.3, 0.4) is 0 Å². The van der Waals surface area contributed by atoms with Gasteiger partial charge in [-0.25, -0.2) is 0 Å². The lowest BCUT2D eigenvalue weighted by Gasteiger charge is -2.10. The molecule has 0 radical (unpaired) electrons. The Labute approximate surface area is 141 Å². The summed E-state index contributed by atoms with van der Waals surface area (Å²) in [6.07, 6.45) is 0.576. The van der Waals surface area contributed by atoms with E-state index < -0.39 is 0 Å². The molecule has 0 atom stereocenters. The van der Waals surface area contributed by atoms with Gasteiger partial charge in [-0.05, 0) is 49.5 Å². The van der Waals surface area contributed by atoms with Crippen molar-refractivity contribution in [3.05, 3.63) is 75.6 Å². The highest BCUT2D eigenvalue weighted by Crippen LogP contribution is 2.19. The van der Waals surface area contributed by atoms with Gasteiger partial charge in [0.15, 0.2) is 5.43 Å². The molecular formula is C20H21NO3. The van der Waals surface area contributed by atoms with E-state index in [-0.39, 0.29) is 5.43 Å². The molecule has 1 aromatic heterocycles. The highest BCUT2D eigenvalue weighted by molar-refractivity contribution is 5.77. The van der Waals surface area contributed by atoms with Crippen LogP contribution in [0.4, 0.5) is 0 Å². The third kappa shape index (κ3) is 3.66. The molecule has 4 heteroatoms. The van der Waals surface area contributed by atoms with Gasteiger partial charge >= 0.3 is 0 Å². The molecule has 0 amide bonds. The van der Waals surface area contributed by atoms with Crippen LogP contribution < -0.4 is 10.2 Å². The fourth-order valence-corrected chi connectivity index (χ4v) is 2.74. The van der Waals surface area contributed by atoms with Gasteiger partial charge in [-0.15, -0.1) is 0 Å². The molecule has 3 rings (SSSR count). The molecule has 0 N–H and O–H groups in total. The lowest BCUT2D eigenvalue weighted by Crippen LogP contribution is -2.11. The second kappa shape index (κ2) is 6.89. The average Bonchev–Trinajstić information content (AvgIpc) is 2.54. The molecule has 0 saturated carbocycles. The zero-order chi connectivity index (χ0) is 17.1. The Bertz CT molecular complexity index is 895. The fraction of sp³-hybridized carbons (Fsp3) is 0.250. The zero-order valence-electron chi connectivity index (χ0n) is 14.2. The molecule has 24 heavy (non-hydrogen) atoms. The van der Waals surface area contributed by atoms with Crippen LogP contribution in [0.15, 0.2) is 57.7 Å². The molecule has 3 aromatic rings. The normalized spacial score (nSPS) is 11.2. The van der Waals surface area contributed by atoms with E-state index in [1.165, 1.54) is 0 Å². The SMILES string of the molecule is COc1ccc(Cc2cc(=O)c3ccc(CN(C)C)cc3o2)cc1. The second-order valence-corrected chi connectivity index (χ2v) is 6.17. The van der Waals surface area contributed by atoms with Gasteiger partial charge in [0.25, 0.3) is 0 Å². The van der Waals surface area contributed by atoms with E-state index in [1.54, 1.807) is 13.2 Å². The minimum absolute atomic E-state index is 0.00355. The average molecular weight is 323 g/mol. The van der Waals surface area contributed by atoms with Gasteiger partial charge in [-0.1, -0.05) is 18.2 Å². The standard InChI is InChI=1S/C20H21NO3/c1-21(2)13-15-6-9-18-19(22)12-17(24-20(18)11-15)10-14-4-7-16(23-3)8-5-14/h4-9,11-12H,10,13H2,1-3H3. The molecule has 0 fully saturated rings. The first kappa shape index (κ1) is 16.3.